The van der Waals surface area contributed by atoms with E-state index in [-0.39, 0.29) is 19.3 Å². The maximum absolute atomic E-state index is 12.9. The van der Waals surface area contributed by atoms with Crippen molar-refractivity contribution in [3.63, 3.8) is 0 Å². The molecule has 0 spiro atoms. The molecular formula is C22H20F3N3O2. The molecule has 5 nitrogen and oxygen atoms in total. The van der Waals surface area contributed by atoms with E-state index in [0.717, 1.165) is 6.07 Å². The van der Waals surface area contributed by atoms with Crippen LogP contribution in [0.4, 0.5) is 13.2 Å². The summed E-state index contributed by atoms with van der Waals surface area (Å²) in [4.78, 5) is 19.1. The van der Waals surface area contributed by atoms with Gasteiger partial charge >= 0.3 is 0 Å². The van der Waals surface area contributed by atoms with Crippen LogP contribution in [0.3, 0.4) is 0 Å². The summed E-state index contributed by atoms with van der Waals surface area (Å²) in [5.41, 5.74) is 6.42. The Morgan fingerprint density at radius 2 is 1.70 bits per heavy atom. The molecule has 156 valence electrons. The fourth-order valence-corrected chi connectivity index (χ4v) is 2.68. The number of methoxy groups -OCH3 is 1. The minimum atomic E-state index is -0.581. The summed E-state index contributed by atoms with van der Waals surface area (Å²) in [6, 6.07) is 14.2. The Kier molecular flexibility index (Phi) is 6.48. The largest absolute Gasteiger partial charge is 0.497 e. The van der Waals surface area contributed by atoms with Crippen molar-refractivity contribution in [3.05, 3.63) is 94.0 Å². The first kappa shape index (κ1) is 21.1. The first-order valence-electron chi connectivity index (χ1n) is 8.89. The average Bonchev–Trinajstić information content (AvgIpc) is 2.74. The number of nitrogens with one attached hydrogen (secondary N) is 1. The highest BCUT2D eigenvalue weighted by Gasteiger charge is 2.07. The number of rotatable bonds is 3. The first-order valence-corrected chi connectivity index (χ1v) is 8.89. The van der Waals surface area contributed by atoms with Crippen LogP contribution < -0.4 is 16.0 Å². The number of halogens is 3. The van der Waals surface area contributed by atoms with Gasteiger partial charge in [-0.15, -0.1) is 0 Å². The van der Waals surface area contributed by atoms with Gasteiger partial charge in [0.15, 0.2) is 0 Å². The van der Waals surface area contributed by atoms with Gasteiger partial charge in [-0.1, -0.05) is 6.07 Å². The zero-order chi connectivity index (χ0) is 21.7. The van der Waals surface area contributed by atoms with Crippen LogP contribution in [-0.4, -0.2) is 17.1 Å². The van der Waals surface area contributed by atoms with Crippen LogP contribution in [0, 0.1) is 17.5 Å². The molecule has 4 aromatic rings. The fourth-order valence-electron chi connectivity index (χ4n) is 2.68. The van der Waals surface area contributed by atoms with E-state index < -0.39 is 11.6 Å². The lowest BCUT2D eigenvalue weighted by Gasteiger charge is -2.05. The van der Waals surface area contributed by atoms with Gasteiger partial charge in [-0.05, 0) is 42.5 Å². The third-order valence-corrected chi connectivity index (χ3v) is 4.27. The number of hydrogen-bond acceptors (Lipinski definition) is 4. The van der Waals surface area contributed by atoms with Crippen molar-refractivity contribution in [2.75, 3.05) is 7.11 Å². The topological polar surface area (TPSA) is 81.0 Å². The number of aromatic amines is 1. The molecule has 0 aliphatic heterocycles. The molecule has 0 fully saturated rings. The SMILES string of the molecule is COc1ccc2c(=O)[nH]c(-c3ccc(F)cc3)nc2c1.NCc1ccc(F)cc1F.[HH]. The number of H-pyrrole nitrogens is 1. The Hall–Kier alpha value is -3.65. The summed E-state index contributed by atoms with van der Waals surface area (Å²) in [6.45, 7) is 0.103. The molecule has 0 aliphatic carbocycles. The zero-order valence-corrected chi connectivity index (χ0v) is 16.0. The van der Waals surface area contributed by atoms with Crippen LogP contribution in [0.5, 0.6) is 5.75 Å². The predicted molar refractivity (Wildman–Crippen MR) is 111 cm³/mol. The number of hydrogen-bond donors (Lipinski definition) is 2. The van der Waals surface area contributed by atoms with Crippen molar-refractivity contribution in [1.29, 1.82) is 0 Å². The predicted octanol–water partition coefficient (Wildman–Crippen LogP) is 4.41. The number of nitrogens with two attached hydrogens (primary N) is 1. The molecule has 0 amide bonds. The van der Waals surface area contributed by atoms with Crippen LogP contribution in [0.15, 0.2) is 65.5 Å². The van der Waals surface area contributed by atoms with Crippen molar-refractivity contribution in [1.82, 2.24) is 9.97 Å². The van der Waals surface area contributed by atoms with Gasteiger partial charge in [-0.25, -0.2) is 18.2 Å². The van der Waals surface area contributed by atoms with Gasteiger partial charge in [0.25, 0.3) is 5.56 Å². The maximum atomic E-state index is 12.9. The van der Waals surface area contributed by atoms with Crippen molar-refractivity contribution in [2.45, 2.75) is 6.54 Å². The summed E-state index contributed by atoms with van der Waals surface area (Å²) in [7, 11) is 1.55. The molecule has 1 heterocycles. The van der Waals surface area contributed by atoms with Gasteiger partial charge < -0.3 is 15.5 Å². The Bertz CT molecular complexity index is 1230. The normalized spacial score (nSPS) is 10.4. The summed E-state index contributed by atoms with van der Waals surface area (Å²) in [6.07, 6.45) is 0. The molecule has 0 saturated heterocycles. The number of nitrogens with zero attached hydrogens (tertiary/aromatic N) is 1. The highest BCUT2D eigenvalue weighted by atomic mass is 19.1. The van der Waals surface area contributed by atoms with Crippen molar-refractivity contribution in [3.8, 4) is 17.1 Å². The second-order valence-electron chi connectivity index (χ2n) is 6.24. The third-order valence-electron chi connectivity index (χ3n) is 4.27. The first-order chi connectivity index (χ1) is 14.4. The third kappa shape index (κ3) is 4.84. The van der Waals surface area contributed by atoms with E-state index in [1.54, 1.807) is 37.4 Å². The highest BCUT2D eigenvalue weighted by molar-refractivity contribution is 5.80. The standard InChI is InChI=1S/C15H11FN2O2.C7H7F2N.H2/c1-20-11-6-7-12-13(8-11)17-14(18-15(12)19)9-2-4-10(16)5-3-9;8-6-2-1-5(4-10)7(9)3-6;/h2-8H,1H3,(H,17,18,19);1-3H,4,10H2;1H. The minimum Gasteiger partial charge on any atom is -0.497 e. The zero-order valence-electron chi connectivity index (χ0n) is 16.0. The number of ether oxygens (including phenoxy) is 1. The molecule has 8 heteroatoms. The molecule has 0 radical (unpaired) electrons. The van der Waals surface area contributed by atoms with E-state index in [4.69, 9.17) is 10.5 Å². The number of aromatic nitrogens is 2. The molecule has 30 heavy (non-hydrogen) atoms. The van der Waals surface area contributed by atoms with E-state index in [0.29, 0.717) is 33.6 Å². The van der Waals surface area contributed by atoms with E-state index in [1.165, 1.54) is 24.3 Å². The van der Waals surface area contributed by atoms with Crippen molar-refractivity contribution >= 4 is 10.9 Å². The van der Waals surface area contributed by atoms with Crippen LogP contribution >= 0.6 is 0 Å². The van der Waals surface area contributed by atoms with Crippen LogP contribution in [0.25, 0.3) is 22.3 Å². The van der Waals surface area contributed by atoms with Crippen LogP contribution in [-0.2, 0) is 6.54 Å². The van der Waals surface area contributed by atoms with Crippen molar-refractivity contribution in [2.24, 2.45) is 5.73 Å². The molecule has 3 N–H and O–H groups in total. The van der Waals surface area contributed by atoms with E-state index in [9.17, 15) is 18.0 Å². The Morgan fingerprint density at radius 3 is 2.33 bits per heavy atom. The van der Waals surface area contributed by atoms with Crippen molar-refractivity contribution < 1.29 is 19.3 Å². The van der Waals surface area contributed by atoms with E-state index in [2.05, 4.69) is 9.97 Å². The lowest BCUT2D eigenvalue weighted by molar-refractivity contribution is 0.415. The summed E-state index contributed by atoms with van der Waals surface area (Å²) in [5.74, 6) is -0.466. The van der Waals surface area contributed by atoms with Gasteiger partial charge in [0, 0.05) is 31.2 Å². The molecular weight excluding hydrogens is 395 g/mol. The lowest BCUT2D eigenvalue weighted by Crippen LogP contribution is -2.09. The van der Waals surface area contributed by atoms with Gasteiger partial charge in [0.1, 0.15) is 29.0 Å². The molecule has 0 bridgehead atoms. The summed E-state index contributed by atoms with van der Waals surface area (Å²) >= 11 is 0. The quantitative estimate of drug-likeness (QED) is 0.520. The number of benzene rings is 3. The molecule has 0 saturated carbocycles. The summed E-state index contributed by atoms with van der Waals surface area (Å²) in [5, 5.41) is 0.483. The van der Waals surface area contributed by atoms with E-state index in [1.807, 2.05) is 0 Å². The molecule has 1 aromatic heterocycles. The van der Waals surface area contributed by atoms with Crippen LogP contribution in [0.2, 0.25) is 0 Å². The highest BCUT2D eigenvalue weighted by Crippen LogP contribution is 2.20. The Morgan fingerprint density at radius 1 is 1.00 bits per heavy atom. The number of fused-ring (bicyclic) bond motifs is 1. The minimum absolute atomic E-state index is 0. The van der Waals surface area contributed by atoms with Crippen LogP contribution in [0.1, 0.15) is 6.99 Å². The van der Waals surface area contributed by atoms with Gasteiger partial charge in [0.2, 0.25) is 0 Å². The Balaban J connectivity index is 0.000000264. The fraction of sp³-hybridized carbons (Fsp3) is 0.0909. The molecule has 4 rings (SSSR count). The maximum Gasteiger partial charge on any atom is 0.259 e. The smallest absolute Gasteiger partial charge is 0.259 e. The second kappa shape index (κ2) is 9.23. The van der Waals surface area contributed by atoms with Gasteiger partial charge in [-0.2, -0.15) is 0 Å². The Labute approximate surface area is 171 Å². The monoisotopic (exact) mass is 415 g/mol. The van der Waals surface area contributed by atoms with E-state index >= 15 is 0 Å². The summed E-state index contributed by atoms with van der Waals surface area (Å²) < 4.78 is 42.8. The lowest BCUT2D eigenvalue weighted by atomic mass is 10.2. The second-order valence-corrected chi connectivity index (χ2v) is 6.24. The molecule has 3 aromatic carbocycles. The van der Waals surface area contributed by atoms with Gasteiger partial charge in [-0.3, -0.25) is 4.79 Å². The average molecular weight is 415 g/mol. The molecule has 0 atom stereocenters. The molecule has 0 aliphatic rings. The molecule has 0 unspecified atom stereocenters. The van der Waals surface area contributed by atoms with Gasteiger partial charge in [0.05, 0.1) is 18.0 Å².